The number of benzene rings is 1. The molecule has 0 N–H and O–H groups in total. The summed E-state index contributed by atoms with van der Waals surface area (Å²) in [6.07, 6.45) is 4.22. The summed E-state index contributed by atoms with van der Waals surface area (Å²) in [7, 11) is 1.92. The Bertz CT molecular complexity index is 746. The summed E-state index contributed by atoms with van der Waals surface area (Å²) in [5.74, 6) is 0.0586. The molecule has 21 heavy (non-hydrogen) atoms. The van der Waals surface area contributed by atoms with E-state index < -0.39 is 11.7 Å². The minimum Gasteiger partial charge on any atom is -0.338 e. The molecule has 1 aromatic heterocycles. The van der Waals surface area contributed by atoms with E-state index in [1.54, 1.807) is 11.1 Å². The van der Waals surface area contributed by atoms with Gasteiger partial charge in [-0.3, -0.25) is 9.59 Å². The third kappa shape index (κ3) is 2.14. The van der Waals surface area contributed by atoms with Gasteiger partial charge in [0, 0.05) is 32.4 Å². The third-order valence-corrected chi connectivity index (χ3v) is 3.90. The van der Waals surface area contributed by atoms with Crippen LogP contribution < -0.4 is 4.90 Å². The number of anilines is 1. The summed E-state index contributed by atoms with van der Waals surface area (Å²) in [5, 5.41) is 0. The van der Waals surface area contributed by atoms with E-state index in [0.717, 1.165) is 22.6 Å². The molecule has 0 spiro atoms. The van der Waals surface area contributed by atoms with E-state index in [1.165, 1.54) is 0 Å². The molecule has 0 fully saturated rings. The number of aromatic nitrogens is 2. The molecule has 1 aromatic carbocycles. The van der Waals surface area contributed by atoms with Crippen LogP contribution in [-0.2, 0) is 18.3 Å². The van der Waals surface area contributed by atoms with Gasteiger partial charge < -0.3 is 9.47 Å². The van der Waals surface area contributed by atoms with E-state index in [9.17, 15) is 9.59 Å². The van der Waals surface area contributed by atoms with Gasteiger partial charge in [-0.2, -0.15) is 0 Å². The minimum atomic E-state index is -0.437. The Morgan fingerprint density at radius 2 is 1.95 bits per heavy atom. The fourth-order valence-corrected chi connectivity index (χ4v) is 2.86. The highest BCUT2D eigenvalue weighted by atomic mass is 16.2. The minimum absolute atomic E-state index is 0.401. The number of imidazole rings is 1. The molecule has 2 aromatic rings. The number of hydrogen-bond acceptors (Lipinski definition) is 3. The van der Waals surface area contributed by atoms with E-state index in [4.69, 9.17) is 0 Å². The Labute approximate surface area is 123 Å². The lowest BCUT2D eigenvalue weighted by molar-refractivity contribution is -0.114. The summed E-state index contributed by atoms with van der Waals surface area (Å²) in [4.78, 5) is 30.2. The first-order valence-electron chi connectivity index (χ1n) is 6.92. The lowest BCUT2D eigenvalue weighted by Gasteiger charge is -2.17. The molecule has 0 saturated heterocycles. The number of Topliss-reactive ketones (excluding diaryl/α,β-unsaturated/α-hetero) is 1. The molecule has 1 aliphatic rings. The second-order valence-corrected chi connectivity index (χ2v) is 5.47. The van der Waals surface area contributed by atoms with Gasteiger partial charge in [0.2, 0.25) is 0 Å². The van der Waals surface area contributed by atoms with Crippen LogP contribution in [0.25, 0.3) is 0 Å². The zero-order chi connectivity index (χ0) is 15.1. The summed E-state index contributed by atoms with van der Waals surface area (Å²) in [5.41, 5.74) is 3.20. The first-order chi connectivity index (χ1) is 9.99. The summed E-state index contributed by atoms with van der Waals surface area (Å²) < 4.78 is 1.92. The number of fused-ring (bicyclic) bond motifs is 1. The van der Waals surface area contributed by atoms with Crippen molar-refractivity contribution in [3.63, 3.8) is 0 Å². The van der Waals surface area contributed by atoms with E-state index >= 15 is 0 Å². The third-order valence-electron chi connectivity index (χ3n) is 3.90. The van der Waals surface area contributed by atoms with Crippen LogP contribution in [0.1, 0.15) is 27.3 Å². The maximum atomic E-state index is 12.2. The predicted octanol–water partition coefficient (Wildman–Crippen LogP) is 1.81. The second-order valence-electron chi connectivity index (χ2n) is 5.47. The number of nitrogens with zero attached hydrogens (tertiary/aromatic N) is 3. The van der Waals surface area contributed by atoms with Crippen LogP contribution in [-0.4, -0.2) is 27.8 Å². The molecule has 108 valence electrons. The standard InChI is InChI=1S/C16H17N3O2/c1-10-8-11(2)14-12(9-10)19(16(21)15(14)20)6-4-13-17-5-7-18(13)3/h5,7-9H,4,6H2,1-3H3. The van der Waals surface area contributed by atoms with Gasteiger partial charge in [0.25, 0.3) is 11.7 Å². The number of aryl methyl sites for hydroxylation is 3. The van der Waals surface area contributed by atoms with Crippen LogP contribution in [0.4, 0.5) is 5.69 Å². The molecule has 2 heterocycles. The van der Waals surface area contributed by atoms with Crippen molar-refractivity contribution in [2.45, 2.75) is 20.3 Å². The second kappa shape index (κ2) is 4.84. The molecule has 5 nitrogen and oxygen atoms in total. The van der Waals surface area contributed by atoms with Crippen LogP contribution in [0, 0.1) is 13.8 Å². The highest BCUT2D eigenvalue weighted by molar-refractivity contribution is 6.52. The van der Waals surface area contributed by atoms with Gasteiger partial charge in [0.15, 0.2) is 0 Å². The van der Waals surface area contributed by atoms with Crippen LogP contribution in [0.15, 0.2) is 24.5 Å². The Hall–Kier alpha value is -2.43. The summed E-state index contributed by atoms with van der Waals surface area (Å²) in [6, 6.07) is 3.84. The number of carbonyl (C=O) groups is 2. The monoisotopic (exact) mass is 283 g/mol. The van der Waals surface area contributed by atoms with Gasteiger partial charge in [0.1, 0.15) is 5.82 Å². The number of ketones is 1. The van der Waals surface area contributed by atoms with Crippen molar-refractivity contribution in [2.75, 3.05) is 11.4 Å². The largest absolute Gasteiger partial charge is 0.338 e. The number of carbonyl (C=O) groups excluding carboxylic acids is 2. The maximum Gasteiger partial charge on any atom is 0.299 e. The molecule has 0 saturated carbocycles. The molecular weight excluding hydrogens is 266 g/mol. The molecule has 0 radical (unpaired) electrons. The average molecular weight is 283 g/mol. The van der Waals surface area contributed by atoms with Crippen molar-refractivity contribution < 1.29 is 9.59 Å². The van der Waals surface area contributed by atoms with E-state index in [1.807, 2.05) is 43.8 Å². The van der Waals surface area contributed by atoms with Crippen molar-refractivity contribution in [3.8, 4) is 0 Å². The van der Waals surface area contributed by atoms with Crippen molar-refractivity contribution in [1.29, 1.82) is 0 Å². The van der Waals surface area contributed by atoms with Gasteiger partial charge in [-0.15, -0.1) is 0 Å². The zero-order valence-electron chi connectivity index (χ0n) is 12.4. The topological polar surface area (TPSA) is 55.2 Å². The van der Waals surface area contributed by atoms with Crippen LogP contribution in [0.3, 0.4) is 0 Å². The number of rotatable bonds is 3. The van der Waals surface area contributed by atoms with Crippen LogP contribution in [0.2, 0.25) is 0 Å². The molecule has 0 atom stereocenters. The van der Waals surface area contributed by atoms with Crippen LogP contribution in [0.5, 0.6) is 0 Å². The van der Waals surface area contributed by atoms with Crippen LogP contribution >= 0.6 is 0 Å². The van der Waals surface area contributed by atoms with E-state index in [-0.39, 0.29) is 0 Å². The normalized spacial score (nSPS) is 14.0. The van der Waals surface area contributed by atoms with Crippen molar-refractivity contribution in [1.82, 2.24) is 9.55 Å². The number of amides is 1. The SMILES string of the molecule is Cc1cc(C)c2c(c1)N(CCc1nccn1C)C(=O)C2=O. The highest BCUT2D eigenvalue weighted by Crippen LogP contribution is 2.32. The summed E-state index contributed by atoms with van der Waals surface area (Å²) >= 11 is 0. The maximum absolute atomic E-state index is 12.2. The highest BCUT2D eigenvalue weighted by Gasteiger charge is 2.36. The quantitative estimate of drug-likeness (QED) is 0.807. The number of hydrogen-bond donors (Lipinski definition) is 0. The first kappa shape index (κ1) is 13.5. The zero-order valence-corrected chi connectivity index (χ0v) is 12.4. The molecular formula is C16H17N3O2. The molecule has 1 aliphatic heterocycles. The molecule has 0 bridgehead atoms. The van der Waals surface area contributed by atoms with Gasteiger partial charge in [-0.25, -0.2) is 4.98 Å². The molecule has 5 heteroatoms. The first-order valence-corrected chi connectivity index (χ1v) is 6.92. The smallest absolute Gasteiger partial charge is 0.299 e. The average Bonchev–Trinajstić information content (AvgIpc) is 2.92. The fourth-order valence-electron chi connectivity index (χ4n) is 2.86. The summed E-state index contributed by atoms with van der Waals surface area (Å²) in [6.45, 7) is 4.31. The van der Waals surface area contributed by atoms with Crippen molar-refractivity contribution >= 4 is 17.4 Å². The van der Waals surface area contributed by atoms with E-state index in [0.29, 0.717) is 18.5 Å². The molecule has 0 unspecified atom stereocenters. The molecule has 1 amide bonds. The Morgan fingerprint density at radius 3 is 2.62 bits per heavy atom. The van der Waals surface area contributed by atoms with Gasteiger partial charge in [0.05, 0.1) is 11.3 Å². The lowest BCUT2D eigenvalue weighted by atomic mass is 10.0. The Morgan fingerprint density at radius 1 is 1.19 bits per heavy atom. The van der Waals surface area contributed by atoms with Crippen molar-refractivity contribution in [2.24, 2.45) is 7.05 Å². The Balaban J connectivity index is 1.92. The molecule has 3 rings (SSSR count). The fraction of sp³-hybridized carbons (Fsp3) is 0.312. The molecule has 0 aliphatic carbocycles. The van der Waals surface area contributed by atoms with Gasteiger partial charge in [-0.05, 0) is 31.0 Å². The predicted molar refractivity (Wildman–Crippen MR) is 79.5 cm³/mol. The lowest BCUT2D eigenvalue weighted by Crippen LogP contribution is -2.32. The van der Waals surface area contributed by atoms with Crippen molar-refractivity contribution in [3.05, 3.63) is 47.0 Å². The van der Waals surface area contributed by atoms with Gasteiger partial charge in [-0.1, -0.05) is 6.07 Å². The Kier molecular flexibility index (Phi) is 3.12. The van der Waals surface area contributed by atoms with Gasteiger partial charge >= 0.3 is 0 Å². The van der Waals surface area contributed by atoms with E-state index in [2.05, 4.69) is 4.98 Å².